The molecular formula is C24H20BrN3S. The molecule has 5 heteroatoms. The van der Waals surface area contributed by atoms with Gasteiger partial charge in [0, 0.05) is 22.0 Å². The van der Waals surface area contributed by atoms with Gasteiger partial charge in [-0.2, -0.15) is 5.10 Å². The van der Waals surface area contributed by atoms with Crippen LogP contribution in [0.3, 0.4) is 0 Å². The quantitative estimate of drug-likeness (QED) is 0.305. The Morgan fingerprint density at radius 3 is 2.21 bits per heavy atom. The average molecular weight is 462 g/mol. The molecule has 0 aliphatic carbocycles. The normalized spacial score (nSPS) is 12.0. The number of hydrogen-bond donors (Lipinski definition) is 0. The van der Waals surface area contributed by atoms with Crippen molar-refractivity contribution in [3.63, 3.8) is 0 Å². The molecule has 0 saturated carbocycles. The number of rotatable bonds is 5. The molecule has 1 heterocycles. The van der Waals surface area contributed by atoms with Crippen LogP contribution in [0.5, 0.6) is 0 Å². The Labute approximate surface area is 182 Å². The van der Waals surface area contributed by atoms with Gasteiger partial charge in [0.05, 0.1) is 11.9 Å². The summed E-state index contributed by atoms with van der Waals surface area (Å²) in [6.45, 7) is 2.76. The number of nitrogens with zero attached hydrogens (tertiary/aromatic N) is 3. The van der Waals surface area contributed by atoms with Crippen LogP contribution >= 0.6 is 27.3 Å². The second-order valence-corrected chi connectivity index (χ2v) is 8.18. The predicted octanol–water partition coefficient (Wildman–Crippen LogP) is 6.45. The lowest BCUT2D eigenvalue weighted by molar-refractivity contribution is 0.833. The second-order valence-electron chi connectivity index (χ2n) is 6.43. The van der Waals surface area contributed by atoms with E-state index in [0.29, 0.717) is 0 Å². The molecule has 3 aromatic carbocycles. The van der Waals surface area contributed by atoms with Crippen molar-refractivity contribution in [3.8, 4) is 22.4 Å². The van der Waals surface area contributed by atoms with Gasteiger partial charge in [-0.1, -0.05) is 82.7 Å². The first-order valence-corrected chi connectivity index (χ1v) is 11.1. The van der Waals surface area contributed by atoms with Crippen LogP contribution in [0.15, 0.2) is 98.8 Å². The molecule has 0 radical (unpaired) electrons. The fourth-order valence-corrected chi connectivity index (χ4v) is 4.16. The van der Waals surface area contributed by atoms with Crippen molar-refractivity contribution < 1.29 is 0 Å². The largest absolute Gasteiger partial charge is 0.258 e. The van der Waals surface area contributed by atoms with Crippen LogP contribution in [0.4, 0.5) is 0 Å². The van der Waals surface area contributed by atoms with E-state index in [9.17, 15) is 0 Å². The van der Waals surface area contributed by atoms with E-state index in [0.717, 1.165) is 32.6 Å². The summed E-state index contributed by atoms with van der Waals surface area (Å²) >= 11 is 5.10. The molecule has 4 rings (SSSR count). The highest BCUT2D eigenvalue weighted by Gasteiger charge is 2.07. The summed E-state index contributed by atoms with van der Waals surface area (Å²) in [6.07, 6.45) is 1.89. The average Bonchev–Trinajstić information content (AvgIpc) is 3.16. The minimum absolute atomic E-state index is 0.724. The molecule has 0 unspecified atom stereocenters. The van der Waals surface area contributed by atoms with E-state index in [2.05, 4.69) is 87.0 Å². The van der Waals surface area contributed by atoms with Crippen molar-refractivity contribution in [2.45, 2.75) is 6.92 Å². The van der Waals surface area contributed by atoms with Crippen molar-refractivity contribution in [2.75, 3.05) is 6.54 Å². The number of thiazole rings is 1. The van der Waals surface area contributed by atoms with Gasteiger partial charge in [0.25, 0.3) is 0 Å². The van der Waals surface area contributed by atoms with E-state index < -0.39 is 0 Å². The third-order valence-electron chi connectivity index (χ3n) is 4.46. The summed E-state index contributed by atoms with van der Waals surface area (Å²) in [7, 11) is 0. The van der Waals surface area contributed by atoms with Gasteiger partial charge in [-0.15, -0.1) is 11.3 Å². The molecule has 0 fully saturated rings. The third-order valence-corrected chi connectivity index (χ3v) is 5.84. The molecule has 0 spiro atoms. The van der Waals surface area contributed by atoms with Gasteiger partial charge in [-0.25, -0.2) is 4.68 Å². The van der Waals surface area contributed by atoms with Crippen molar-refractivity contribution in [1.82, 2.24) is 4.68 Å². The summed E-state index contributed by atoms with van der Waals surface area (Å²) in [6, 6.07) is 27.1. The Morgan fingerprint density at radius 1 is 0.862 bits per heavy atom. The van der Waals surface area contributed by atoms with E-state index in [1.807, 2.05) is 36.0 Å². The van der Waals surface area contributed by atoms with Gasteiger partial charge in [0.1, 0.15) is 0 Å². The Hall–Kier alpha value is -2.76. The number of benzene rings is 3. The highest BCUT2D eigenvalue weighted by atomic mass is 79.9. The van der Waals surface area contributed by atoms with E-state index in [4.69, 9.17) is 5.10 Å². The van der Waals surface area contributed by atoms with Gasteiger partial charge in [-0.3, -0.25) is 4.99 Å². The third kappa shape index (κ3) is 4.63. The first-order chi connectivity index (χ1) is 14.2. The molecule has 0 aliphatic heterocycles. The zero-order valence-corrected chi connectivity index (χ0v) is 18.4. The second kappa shape index (κ2) is 9.16. The smallest absolute Gasteiger partial charge is 0.206 e. The molecule has 0 saturated heterocycles. The molecule has 0 aliphatic rings. The van der Waals surface area contributed by atoms with Gasteiger partial charge in [-0.05, 0) is 35.7 Å². The topological polar surface area (TPSA) is 29.6 Å². The number of aromatic nitrogens is 1. The summed E-state index contributed by atoms with van der Waals surface area (Å²) < 4.78 is 2.98. The van der Waals surface area contributed by atoms with Crippen molar-refractivity contribution in [2.24, 2.45) is 10.1 Å². The van der Waals surface area contributed by atoms with Crippen molar-refractivity contribution in [3.05, 3.63) is 99.1 Å². The van der Waals surface area contributed by atoms with E-state index >= 15 is 0 Å². The molecule has 144 valence electrons. The van der Waals surface area contributed by atoms with E-state index in [1.165, 1.54) is 11.1 Å². The minimum atomic E-state index is 0.724. The Kier molecular flexibility index (Phi) is 6.17. The summed E-state index contributed by atoms with van der Waals surface area (Å²) in [5.41, 5.74) is 5.60. The van der Waals surface area contributed by atoms with Gasteiger partial charge >= 0.3 is 0 Å². The van der Waals surface area contributed by atoms with Crippen LogP contribution in [0.2, 0.25) is 0 Å². The van der Waals surface area contributed by atoms with Gasteiger partial charge in [0.2, 0.25) is 4.80 Å². The Morgan fingerprint density at radius 2 is 1.52 bits per heavy atom. The maximum atomic E-state index is 4.75. The highest BCUT2D eigenvalue weighted by molar-refractivity contribution is 9.10. The maximum Gasteiger partial charge on any atom is 0.206 e. The highest BCUT2D eigenvalue weighted by Crippen LogP contribution is 2.23. The zero-order valence-electron chi connectivity index (χ0n) is 16.0. The van der Waals surface area contributed by atoms with Crippen LogP contribution in [0, 0.1) is 0 Å². The fraction of sp³-hybridized carbons (Fsp3) is 0.0833. The van der Waals surface area contributed by atoms with Crippen molar-refractivity contribution >= 4 is 33.5 Å². The van der Waals surface area contributed by atoms with E-state index in [1.54, 1.807) is 11.3 Å². The maximum absolute atomic E-state index is 4.75. The van der Waals surface area contributed by atoms with Crippen LogP contribution in [0.1, 0.15) is 12.5 Å². The van der Waals surface area contributed by atoms with Gasteiger partial charge < -0.3 is 0 Å². The lowest BCUT2D eigenvalue weighted by Gasteiger charge is -2.04. The summed E-state index contributed by atoms with van der Waals surface area (Å²) in [5, 5.41) is 6.86. The SMILES string of the molecule is CCN=c1scc(-c2ccc(Br)cc2)n1N=Cc1ccc(-c2ccccc2)cc1. The summed E-state index contributed by atoms with van der Waals surface area (Å²) in [5.74, 6) is 0. The minimum Gasteiger partial charge on any atom is -0.258 e. The molecule has 4 aromatic rings. The Balaban J connectivity index is 1.66. The molecule has 3 nitrogen and oxygen atoms in total. The molecule has 0 N–H and O–H groups in total. The predicted molar refractivity (Wildman–Crippen MR) is 126 cm³/mol. The molecule has 0 atom stereocenters. The lowest BCUT2D eigenvalue weighted by atomic mass is 10.0. The molecule has 0 bridgehead atoms. The lowest BCUT2D eigenvalue weighted by Crippen LogP contribution is -2.12. The van der Waals surface area contributed by atoms with Crippen LogP contribution < -0.4 is 4.80 Å². The van der Waals surface area contributed by atoms with E-state index in [-0.39, 0.29) is 0 Å². The summed E-state index contributed by atoms with van der Waals surface area (Å²) in [4.78, 5) is 5.49. The van der Waals surface area contributed by atoms with Crippen LogP contribution in [0.25, 0.3) is 22.4 Å². The Bertz CT molecular complexity index is 1170. The van der Waals surface area contributed by atoms with Crippen LogP contribution in [-0.4, -0.2) is 17.4 Å². The first kappa shape index (κ1) is 19.6. The number of hydrogen-bond acceptors (Lipinski definition) is 3. The monoisotopic (exact) mass is 461 g/mol. The fourth-order valence-electron chi connectivity index (χ4n) is 2.99. The molecule has 29 heavy (non-hydrogen) atoms. The zero-order chi connectivity index (χ0) is 20.1. The molecule has 1 aromatic heterocycles. The first-order valence-electron chi connectivity index (χ1n) is 9.41. The standard InChI is InChI=1S/C24H20BrN3S/c1-2-26-24-28(23(17-29-24)21-12-14-22(25)15-13-21)27-16-18-8-10-20(11-9-18)19-6-4-3-5-7-19/h3-17H,2H2,1H3. The van der Waals surface area contributed by atoms with Crippen molar-refractivity contribution in [1.29, 1.82) is 0 Å². The van der Waals surface area contributed by atoms with Crippen LogP contribution in [-0.2, 0) is 0 Å². The molecular weight excluding hydrogens is 442 g/mol. The molecule has 0 amide bonds. The number of halogens is 1. The van der Waals surface area contributed by atoms with Gasteiger partial charge in [0.15, 0.2) is 0 Å².